The highest BCUT2D eigenvalue weighted by Gasteiger charge is 2.47. The van der Waals surface area contributed by atoms with Gasteiger partial charge in [-0.1, -0.05) is 303 Å². The van der Waals surface area contributed by atoms with Crippen LogP contribution in [0.1, 0.15) is 198 Å². The van der Waals surface area contributed by atoms with Crippen LogP contribution in [0.5, 0.6) is 0 Å². The normalized spacial score (nSPS) is 15.3. The first kappa shape index (κ1) is 68.1. The van der Waals surface area contributed by atoms with E-state index in [1.54, 1.807) is 0 Å². The summed E-state index contributed by atoms with van der Waals surface area (Å²) in [4.78, 5) is 4.99. The molecule has 5 heteroatoms. The van der Waals surface area contributed by atoms with Gasteiger partial charge in [-0.05, 0) is 269 Å². The van der Waals surface area contributed by atoms with E-state index >= 15 is 0 Å². The molecular formula is C113H121BN4. The highest BCUT2D eigenvalue weighted by molar-refractivity contribution is 7.00. The van der Waals surface area contributed by atoms with Gasteiger partial charge in [0.1, 0.15) is 0 Å². The summed E-state index contributed by atoms with van der Waals surface area (Å²) in [7, 11) is 0. The maximum Gasteiger partial charge on any atom is 0.252 e. The molecule has 0 atom stereocenters. The van der Waals surface area contributed by atoms with Gasteiger partial charge in [0.05, 0.1) is 33.4 Å². The number of hydrogen-bond donors (Lipinski definition) is 0. The number of rotatable bonds is 15. The Morgan fingerprint density at radius 3 is 0.763 bits per heavy atom. The predicted molar refractivity (Wildman–Crippen MR) is 513 cm³/mol. The molecule has 2 aliphatic heterocycles. The molecule has 0 radical (unpaired) electrons. The maximum atomic E-state index is 11.1. The van der Waals surface area contributed by atoms with Crippen LogP contribution < -0.4 is 26.2 Å². The Hall–Kier alpha value is -10.9. The molecule has 4 heterocycles. The summed E-state index contributed by atoms with van der Waals surface area (Å²) in [5, 5.41) is 3.16. The molecule has 0 fully saturated rings. The van der Waals surface area contributed by atoms with E-state index in [0.717, 1.165) is 174 Å². The smallest absolute Gasteiger partial charge is 0.252 e. The third kappa shape index (κ3) is 16.1. The SMILES string of the molecule is [2H]C([2H])(c1cc2c3c(c1)N(c1c(-c4ccccc4)cc(CC(C)(C)C)cc1-c1ccccc1)c1cc(-n4c5ccc(C([2H])([2H])C(C)(C)C)cc5c5cc(C([2H])([2H])C(C)(C)C)ccc54)ccc1B3c1ccc(-n3c4ccc(C([2H])([2H])C(C)(C)C)cc4c4cc(C([2H])([2H])C(C)(C)C)ccc43)cc1N2c1c(-c2ccccc2)cc(CC(C)(C)C)cc1-c1ccccc1)C(C)(C)C. The van der Waals surface area contributed by atoms with E-state index in [-0.39, 0.29) is 10.8 Å². The van der Waals surface area contributed by atoms with Crippen LogP contribution in [0.2, 0.25) is 0 Å². The fourth-order valence-corrected chi connectivity index (χ4v) is 18.5. The molecule has 0 saturated heterocycles. The predicted octanol–water partition coefficient (Wildman–Crippen LogP) is 29.8. The van der Waals surface area contributed by atoms with Crippen molar-refractivity contribution in [3.05, 3.63) is 306 Å². The van der Waals surface area contributed by atoms with Crippen LogP contribution >= 0.6 is 0 Å². The zero-order chi connectivity index (χ0) is 92.0. The summed E-state index contributed by atoms with van der Waals surface area (Å²) in [6.45, 7) is 42.4. The molecule has 0 spiro atoms. The van der Waals surface area contributed by atoms with Gasteiger partial charge in [0.15, 0.2) is 0 Å². The topological polar surface area (TPSA) is 16.3 Å². The molecule has 0 bridgehead atoms. The molecule has 0 amide bonds. The molecule has 13 aromatic carbocycles. The monoisotopic (exact) mass is 1560 g/mol. The molecule has 596 valence electrons. The molecule has 2 aliphatic rings. The molecule has 0 unspecified atom stereocenters. The van der Waals surface area contributed by atoms with E-state index in [1.807, 2.05) is 152 Å². The molecule has 2 aromatic heterocycles. The lowest BCUT2D eigenvalue weighted by atomic mass is 9.33. The van der Waals surface area contributed by atoms with Gasteiger partial charge in [-0.15, -0.1) is 0 Å². The second-order valence-corrected chi connectivity index (χ2v) is 41.0. The van der Waals surface area contributed by atoms with Crippen LogP contribution in [0.4, 0.5) is 34.1 Å². The molecule has 118 heavy (non-hydrogen) atoms. The van der Waals surface area contributed by atoms with Crippen LogP contribution in [0.25, 0.3) is 99.5 Å². The van der Waals surface area contributed by atoms with Crippen molar-refractivity contribution in [2.45, 2.75) is 190 Å². The second-order valence-electron chi connectivity index (χ2n) is 41.0. The van der Waals surface area contributed by atoms with E-state index < -0.39 is 65.7 Å². The quantitative estimate of drug-likeness (QED) is 0.0951. The number of aromatic nitrogens is 2. The van der Waals surface area contributed by atoms with E-state index in [2.05, 4.69) is 279 Å². The van der Waals surface area contributed by atoms with Gasteiger partial charge in [-0.3, -0.25) is 0 Å². The number of fused-ring (bicyclic) bond motifs is 10. The van der Waals surface area contributed by atoms with Gasteiger partial charge in [0.25, 0.3) is 6.71 Å². The van der Waals surface area contributed by atoms with Crippen LogP contribution in [0.3, 0.4) is 0 Å². The van der Waals surface area contributed by atoms with Gasteiger partial charge in [-0.2, -0.15) is 0 Å². The third-order valence-electron chi connectivity index (χ3n) is 22.3. The van der Waals surface area contributed by atoms with Crippen LogP contribution in [0, 0.1) is 37.9 Å². The standard InChI is InChI=1S/C113H121BN4/c1-107(2,3)66-73-42-50-96-90(54-73)91-55-74(67-108(4,5)6)43-51-97(91)115(96)84-46-48-94-100(64-84)117(105-86(80-34-26-22-27-35-80)58-77(70-111(13,14)15)59-87(105)81-36-28-23-29-37-81)102-62-79(72-113(19,20)21)63-103-104(102)114(94)95-49-47-85(116-98-52-44-75(68-109(7,8)9)56-92(98)93-57-76(45-53-99(93)116)69-110(10,11)12)65-101(95)118(103)106-88(82-38-30-24-31-39-82)60-78(71-112(16,17)18)61-89(106)83-40-32-25-33-41-83/h22-65H,66-72H2,1-21H3/i66D2,67D2,68D2,69D2,72D2. The van der Waals surface area contributed by atoms with Crippen LogP contribution in [0.15, 0.2) is 267 Å². The van der Waals surface area contributed by atoms with Crippen molar-refractivity contribution < 1.29 is 13.7 Å². The van der Waals surface area contributed by atoms with Crippen molar-refractivity contribution in [2.75, 3.05) is 9.80 Å². The molecule has 0 saturated carbocycles. The number of anilines is 6. The summed E-state index contributed by atoms with van der Waals surface area (Å²) in [6, 6.07) is 94.6. The van der Waals surface area contributed by atoms with Crippen molar-refractivity contribution in [2.24, 2.45) is 37.9 Å². The van der Waals surface area contributed by atoms with E-state index in [1.165, 1.54) is 0 Å². The zero-order valence-corrected chi connectivity index (χ0v) is 73.2. The molecule has 0 N–H and O–H groups in total. The van der Waals surface area contributed by atoms with E-state index in [4.69, 9.17) is 0 Å². The molecule has 0 aliphatic carbocycles. The minimum absolute atomic E-state index is 0.134. The van der Waals surface area contributed by atoms with E-state index in [9.17, 15) is 13.7 Å². The number of nitrogens with zero attached hydrogens (tertiary/aromatic N) is 4. The Morgan fingerprint density at radius 2 is 0.508 bits per heavy atom. The van der Waals surface area contributed by atoms with Crippen molar-refractivity contribution in [1.29, 1.82) is 0 Å². The van der Waals surface area contributed by atoms with Gasteiger partial charge in [-0.25, -0.2) is 0 Å². The van der Waals surface area contributed by atoms with Crippen molar-refractivity contribution in [3.8, 4) is 55.9 Å². The summed E-state index contributed by atoms with van der Waals surface area (Å²) in [5.41, 5.74) is 21.2. The lowest BCUT2D eigenvalue weighted by Gasteiger charge is -2.46. The van der Waals surface area contributed by atoms with E-state index in [0.29, 0.717) is 27.8 Å². The fraction of sp³-hybridized carbons (Fsp3) is 0.310. The Balaban J connectivity index is 1.08. The Bertz CT molecular complexity index is 6210. The summed E-state index contributed by atoms with van der Waals surface area (Å²) >= 11 is 0. The minimum Gasteiger partial charge on any atom is -0.310 e. The van der Waals surface area contributed by atoms with Gasteiger partial charge < -0.3 is 18.9 Å². The van der Waals surface area contributed by atoms with Gasteiger partial charge in [0, 0.05) is 91.6 Å². The lowest BCUT2D eigenvalue weighted by molar-refractivity contribution is 0.411. The van der Waals surface area contributed by atoms with Gasteiger partial charge >= 0.3 is 0 Å². The lowest BCUT2D eigenvalue weighted by Crippen LogP contribution is -2.61. The maximum absolute atomic E-state index is 11.1. The number of benzene rings is 13. The van der Waals surface area contributed by atoms with Crippen molar-refractivity contribution in [1.82, 2.24) is 9.13 Å². The Kier molecular flexibility index (Phi) is 17.1. The number of hydrogen-bond acceptors (Lipinski definition) is 2. The summed E-state index contributed by atoms with van der Waals surface area (Å²) in [5.74, 6) is 0. The average Bonchev–Trinajstić information content (AvgIpc) is 0.723. The van der Waals surface area contributed by atoms with Crippen molar-refractivity contribution >= 4 is 101 Å². The first-order chi connectivity index (χ1) is 59.7. The highest BCUT2D eigenvalue weighted by atomic mass is 15.2. The molecule has 17 rings (SSSR count). The summed E-state index contributed by atoms with van der Waals surface area (Å²) in [6.07, 6.45) is -7.61. The van der Waals surface area contributed by atoms with Crippen molar-refractivity contribution in [3.63, 3.8) is 0 Å². The first-order valence-electron chi connectivity index (χ1n) is 47.5. The molecule has 15 aromatic rings. The average molecular weight is 1560 g/mol. The summed E-state index contributed by atoms with van der Waals surface area (Å²) < 4.78 is 105. The van der Waals surface area contributed by atoms with Crippen LogP contribution in [-0.2, 0) is 44.7 Å². The third-order valence-corrected chi connectivity index (χ3v) is 22.3. The van der Waals surface area contributed by atoms with Gasteiger partial charge in [0.2, 0.25) is 0 Å². The Morgan fingerprint density at radius 1 is 0.246 bits per heavy atom. The Labute approximate surface area is 719 Å². The second kappa shape index (κ2) is 29.6. The molecular weight excluding hydrogens is 1420 g/mol. The fourth-order valence-electron chi connectivity index (χ4n) is 18.5. The zero-order valence-electron chi connectivity index (χ0n) is 83.2. The largest absolute Gasteiger partial charge is 0.310 e. The minimum atomic E-state index is -2.03. The van der Waals surface area contributed by atoms with Crippen LogP contribution in [-0.4, -0.2) is 15.8 Å². The first-order valence-corrected chi connectivity index (χ1v) is 42.5. The molecule has 4 nitrogen and oxygen atoms in total. The highest BCUT2D eigenvalue weighted by Crippen LogP contribution is 2.56.